The summed E-state index contributed by atoms with van der Waals surface area (Å²) in [6.45, 7) is 4.59. The molecule has 1 aromatic rings. The van der Waals surface area contributed by atoms with Crippen LogP contribution in [0, 0.1) is 0 Å². The summed E-state index contributed by atoms with van der Waals surface area (Å²) in [5.74, 6) is 0.133. The molecule has 1 aromatic carbocycles. The molecule has 1 aliphatic heterocycles. The molecule has 24 heavy (non-hydrogen) atoms. The van der Waals surface area contributed by atoms with E-state index in [0.29, 0.717) is 0 Å². The molecular weight excluding hydrogens is 294 g/mol. The lowest BCUT2D eigenvalue weighted by Gasteiger charge is -2.18. The predicted octanol–water partition coefficient (Wildman–Crippen LogP) is 4.86. The third-order valence-corrected chi connectivity index (χ3v) is 4.08. The number of Topliss-reactive ketones (excluding diaryl/α,β-unsaturated/α-hetero) is 1. The first-order valence-electron chi connectivity index (χ1n) is 8.11. The fourth-order valence-corrected chi connectivity index (χ4v) is 2.75. The minimum Gasteiger partial charge on any atom is -0.350 e. The highest BCUT2D eigenvalue weighted by atomic mass is 16.1. The van der Waals surface area contributed by atoms with Crippen molar-refractivity contribution in [1.29, 1.82) is 0 Å². The lowest BCUT2D eigenvalue weighted by Crippen LogP contribution is -2.11. The standard InChI is InChI=1S/C22H21NO/c1-17-14-21(15-18(2)22(17)24)9-8-19-10-12-23(13-11-19)16-20-6-4-3-5-7-20/h3-15H,16H2,1-2H3. The molecule has 0 saturated carbocycles. The van der Waals surface area contributed by atoms with Gasteiger partial charge in [-0.15, -0.1) is 0 Å². The summed E-state index contributed by atoms with van der Waals surface area (Å²) in [6, 6.07) is 10.4. The Hall–Kier alpha value is -2.87. The van der Waals surface area contributed by atoms with Crippen molar-refractivity contribution in [3.63, 3.8) is 0 Å². The molecule has 0 aromatic heterocycles. The monoisotopic (exact) mass is 315 g/mol. The van der Waals surface area contributed by atoms with E-state index in [9.17, 15) is 4.79 Å². The second-order valence-corrected chi connectivity index (χ2v) is 6.11. The molecule has 2 nitrogen and oxygen atoms in total. The Morgan fingerprint density at radius 3 is 2.08 bits per heavy atom. The quantitative estimate of drug-likeness (QED) is 0.794. The summed E-state index contributed by atoms with van der Waals surface area (Å²) in [5, 5.41) is 0. The van der Waals surface area contributed by atoms with Crippen molar-refractivity contribution in [3.8, 4) is 0 Å². The molecule has 0 N–H and O–H groups in total. The van der Waals surface area contributed by atoms with E-state index in [4.69, 9.17) is 0 Å². The lowest BCUT2D eigenvalue weighted by atomic mass is 9.95. The molecule has 1 aliphatic carbocycles. The van der Waals surface area contributed by atoms with Gasteiger partial charge in [-0.3, -0.25) is 4.79 Å². The predicted molar refractivity (Wildman–Crippen MR) is 99.0 cm³/mol. The molecular formula is C22H21NO. The normalized spacial score (nSPS) is 16.9. The van der Waals surface area contributed by atoms with E-state index in [2.05, 4.69) is 65.9 Å². The summed E-state index contributed by atoms with van der Waals surface area (Å²) in [6.07, 6.45) is 16.4. The number of carbonyl (C=O) groups is 1. The molecule has 0 bridgehead atoms. The van der Waals surface area contributed by atoms with E-state index < -0.39 is 0 Å². The van der Waals surface area contributed by atoms with Crippen LogP contribution in [-0.2, 0) is 11.3 Å². The van der Waals surface area contributed by atoms with Gasteiger partial charge in [0.1, 0.15) is 0 Å². The minimum absolute atomic E-state index is 0.133. The first-order valence-corrected chi connectivity index (χ1v) is 8.11. The van der Waals surface area contributed by atoms with Gasteiger partial charge in [0.05, 0.1) is 0 Å². The SMILES string of the molecule is CC1=CC(=CC=C2C=CN(Cc3ccccc3)C=C2)C=C(C)C1=O. The number of ketones is 1. The molecule has 2 aliphatic rings. The molecule has 0 saturated heterocycles. The van der Waals surface area contributed by atoms with E-state index in [1.165, 1.54) is 5.56 Å². The van der Waals surface area contributed by atoms with Crippen LogP contribution >= 0.6 is 0 Å². The van der Waals surface area contributed by atoms with E-state index in [1.54, 1.807) is 0 Å². The van der Waals surface area contributed by atoms with Gasteiger partial charge in [-0.05, 0) is 66.0 Å². The average Bonchev–Trinajstić information content (AvgIpc) is 2.60. The van der Waals surface area contributed by atoms with Gasteiger partial charge in [-0.25, -0.2) is 0 Å². The van der Waals surface area contributed by atoms with Crippen LogP contribution in [0.15, 0.2) is 101 Å². The maximum absolute atomic E-state index is 11.8. The Bertz CT molecular complexity index is 777. The zero-order chi connectivity index (χ0) is 16.9. The van der Waals surface area contributed by atoms with Gasteiger partial charge < -0.3 is 4.90 Å². The maximum Gasteiger partial charge on any atom is 0.184 e. The zero-order valence-electron chi connectivity index (χ0n) is 14.1. The Balaban J connectivity index is 1.67. The third-order valence-electron chi connectivity index (χ3n) is 4.08. The topological polar surface area (TPSA) is 20.3 Å². The molecule has 2 heteroatoms. The number of allylic oxidation sites excluding steroid dienone is 10. The first kappa shape index (κ1) is 16.0. The van der Waals surface area contributed by atoms with Gasteiger partial charge in [0.25, 0.3) is 0 Å². The molecule has 120 valence electrons. The number of nitrogens with zero attached hydrogens (tertiary/aromatic N) is 1. The second-order valence-electron chi connectivity index (χ2n) is 6.11. The van der Waals surface area contributed by atoms with Crippen LogP contribution in [0.3, 0.4) is 0 Å². The highest BCUT2D eigenvalue weighted by Gasteiger charge is 2.12. The van der Waals surface area contributed by atoms with Crippen LogP contribution < -0.4 is 0 Å². The summed E-state index contributed by atoms with van der Waals surface area (Å²) < 4.78 is 0. The molecule has 0 unspecified atom stereocenters. The zero-order valence-corrected chi connectivity index (χ0v) is 14.1. The van der Waals surface area contributed by atoms with Crippen molar-refractivity contribution in [1.82, 2.24) is 4.90 Å². The molecule has 0 fully saturated rings. The van der Waals surface area contributed by atoms with Gasteiger partial charge in [0.15, 0.2) is 5.78 Å². The highest BCUT2D eigenvalue weighted by molar-refractivity contribution is 6.09. The fourth-order valence-electron chi connectivity index (χ4n) is 2.75. The van der Waals surface area contributed by atoms with Crippen LogP contribution in [0.5, 0.6) is 0 Å². The van der Waals surface area contributed by atoms with Gasteiger partial charge in [0, 0.05) is 18.9 Å². The van der Waals surface area contributed by atoms with Crippen molar-refractivity contribution < 1.29 is 4.79 Å². The molecule has 1 heterocycles. The Morgan fingerprint density at radius 1 is 0.875 bits per heavy atom. The average molecular weight is 315 g/mol. The van der Waals surface area contributed by atoms with Gasteiger partial charge in [-0.2, -0.15) is 0 Å². The van der Waals surface area contributed by atoms with Crippen LogP contribution in [0.4, 0.5) is 0 Å². The van der Waals surface area contributed by atoms with Gasteiger partial charge >= 0.3 is 0 Å². The number of benzene rings is 1. The fraction of sp³-hybridized carbons (Fsp3) is 0.136. The molecule has 0 radical (unpaired) electrons. The number of hydrogen-bond donors (Lipinski definition) is 0. The smallest absolute Gasteiger partial charge is 0.184 e. The van der Waals surface area contributed by atoms with Crippen molar-refractivity contribution in [2.75, 3.05) is 0 Å². The number of hydrogen-bond acceptors (Lipinski definition) is 2. The van der Waals surface area contributed by atoms with Crippen LogP contribution in [0.2, 0.25) is 0 Å². The largest absolute Gasteiger partial charge is 0.350 e. The summed E-state index contributed by atoms with van der Waals surface area (Å²) >= 11 is 0. The second kappa shape index (κ2) is 7.14. The van der Waals surface area contributed by atoms with Gasteiger partial charge in [-0.1, -0.05) is 42.5 Å². The minimum atomic E-state index is 0.133. The molecule has 3 rings (SSSR count). The van der Waals surface area contributed by atoms with Crippen LogP contribution in [-0.4, -0.2) is 10.7 Å². The summed E-state index contributed by atoms with van der Waals surface area (Å²) in [5.41, 5.74) is 5.08. The van der Waals surface area contributed by atoms with Crippen LogP contribution in [0.25, 0.3) is 0 Å². The summed E-state index contributed by atoms with van der Waals surface area (Å²) in [7, 11) is 0. The van der Waals surface area contributed by atoms with Crippen molar-refractivity contribution in [3.05, 3.63) is 107 Å². The van der Waals surface area contributed by atoms with Crippen LogP contribution in [0.1, 0.15) is 19.4 Å². The van der Waals surface area contributed by atoms with E-state index in [-0.39, 0.29) is 5.78 Å². The van der Waals surface area contributed by atoms with E-state index in [0.717, 1.165) is 28.8 Å². The van der Waals surface area contributed by atoms with Crippen molar-refractivity contribution >= 4 is 5.78 Å². The number of carbonyl (C=O) groups excluding carboxylic acids is 1. The first-order chi connectivity index (χ1) is 11.6. The third kappa shape index (κ3) is 3.90. The van der Waals surface area contributed by atoms with Crippen molar-refractivity contribution in [2.45, 2.75) is 20.4 Å². The van der Waals surface area contributed by atoms with E-state index in [1.807, 2.05) is 32.1 Å². The molecule has 0 spiro atoms. The molecule has 0 amide bonds. The molecule has 0 atom stereocenters. The Kier molecular flexibility index (Phi) is 4.76. The van der Waals surface area contributed by atoms with Gasteiger partial charge in [0.2, 0.25) is 0 Å². The highest BCUT2D eigenvalue weighted by Crippen LogP contribution is 2.19. The Labute approximate surface area is 143 Å². The lowest BCUT2D eigenvalue weighted by molar-refractivity contribution is -0.112. The maximum atomic E-state index is 11.8. The number of rotatable bonds is 3. The Morgan fingerprint density at radius 2 is 1.46 bits per heavy atom. The summed E-state index contributed by atoms with van der Waals surface area (Å²) in [4.78, 5) is 13.9. The van der Waals surface area contributed by atoms with E-state index >= 15 is 0 Å². The van der Waals surface area contributed by atoms with Crippen molar-refractivity contribution in [2.24, 2.45) is 0 Å².